The Hall–Kier alpha value is -0.120. The minimum Gasteiger partial charge on any atom is -0.367 e. The van der Waals surface area contributed by atoms with Crippen LogP contribution in [0.5, 0.6) is 0 Å². The number of hydrogen-bond acceptors (Lipinski definition) is 3. The number of hydrogen-bond donors (Lipinski definition) is 2. The molecule has 0 amide bonds. The Morgan fingerprint density at radius 3 is 1.80 bits per heavy atom. The molecule has 0 aromatic carbocycles. The summed E-state index contributed by atoms with van der Waals surface area (Å²) in [7, 11) is 0. The van der Waals surface area contributed by atoms with E-state index in [0.717, 1.165) is 0 Å². The summed E-state index contributed by atoms with van der Waals surface area (Å²) in [5.74, 6) is -1.67. The predicted octanol–water partition coefficient (Wildman–Crippen LogP) is 0.112. The van der Waals surface area contributed by atoms with E-state index in [-0.39, 0.29) is 6.10 Å². The van der Waals surface area contributed by atoms with E-state index in [1.807, 2.05) is 0 Å². The summed E-state index contributed by atoms with van der Waals surface area (Å²) < 4.78 is 4.80. The third-order valence-electron chi connectivity index (χ3n) is 1.89. The van der Waals surface area contributed by atoms with Gasteiger partial charge in [0.1, 0.15) is 6.10 Å². The normalized spacial score (nSPS) is 26.7. The Bertz CT molecular complexity index is 130. The fraction of sp³-hybridized carbons (Fsp3) is 1.00. The summed E-state index contributed by atoms with van der Waals surface area (Å²) in [6.45, 7) is 5.78. The highest BCUT2D eigenvalue weighted by atomic mass is 16.6. The monoisotopic (exact) mass is 146 g/mol. The van der Waals surface area contributed by atoms with Crippen LogP contribution in [-0.2, 0) is 4.74 Å². The van der Waals surface area contributed by atoms with E-state index in [4.69, 9.17) is 4.74 Å². The molecule has 60 valence electrons. The number of aliphatic hydroxyl groups is 2. The molecule has 0 aromatic heterocycles. The molecule has 1 aliphatic rings. The third kappa shape index (κ3) is 1.17. The Labute approximate surface area is 60.6 Å². The summed E-state index contributed by atoms with van der Waals surface area (Å²) in [6, 6.07) is 0. The van der Waals surface area contributed by atoms with Crippen molar-refractivity contribution in [3.63, 3.8) is 0 Å². The maximum absolute atomic E-state index is 9.42. The van der Waals surface area contributed by atoms with Crippen molar-refractivity contribution >= 4 is 0 Å². The second kappa shape index (κ2) is 1.94. The first-order valence-corrected chi connectivity index (χ1v) is 3.42. The minimum absolute atomic E-state index is 0.382. The van der Waals surface area contributed by atoms with E-state index in [1.54, 1.807) is 20.8 Å². The lowest BCUT2D eigenvalue weighted by Gasteiger charge is -2.33. The summed E-state index contributed by atoms with van der Waals surface area (Å²) in [5, 5.41) is 18.8. The van der Waals surface area contributed by atoms with Crippen LogP contribution >= 0.6 is 0 Å². The molecule has 10 heavy (non-hydrogen) atoms. The van der Waals surface area contributed by atoms with Crippen LogP contribution in [0.1, 0.15) is 20.8 Å². The van der Waals surface area contributed by atoms with Gasteiger partial charge in [0.25, 0.3) is 0 Å². The molecule has 1 aliphatic heterocycles. The average Bonchev–Trinajstić information content (AvgIpc) is 2.38. The Kier molecular flexibility index (Phi) is 1.54. The minimum atomic E-state index is -1.67. The molecule has 2 N–H and O–H groups in total. The SMILES string of the molecule is CC(C)(C)C(O)(O)C1CO1. The molecule has 3 heteroatoms. The van der Waals surface area contributed by atoms with Crippen molar-refractivity contribution in [3.05, 3.63) is 0 Å². The van der Waals surface area contributed by atoms with Gasteiger partial charge >= 0.3 is 0 Å². The fourth-order valence-corrected chi connectivity index (χ4v) is 0.763. The van der Waals surface area contributed by atoms with Crippen LogP contribution in [0.4, 0.5) is 0 Å². The van der Waals surface area contributed by atoms with Crippen molar-refractivity contribution in [1.29, 1.82) is 0 Å². The molecule has 1 heterocycles. The van der Waals surface area contributed by atoms with Gasteiger partial charge in [-0.3, -0.25) is 0 Å². The van der Waals surface area contributed by atoms with Gasteiger partial charge in [0.2, 0.25) is 0 Å². The van der Waals surface area contributed by atoms with Gasteiger partial charge in [0.15, 0.2) is 5.79 Å². The Balaban J connectivity index is 2.66. The van der Waals surface area contributed by atoms with E-state index < -0.39 is 11.2 Å². The number of ether oxygens (including phenoxy) is 1. The predicted molar refractivity (Wildman–Crippen MR) is 36.4 cm³/mol. The van der Waals surface area contributed by atoms with Crippen molar-refractivity contribution in [2.24, 2.45) is 5.41 Å². The summed E-state index contributed by atoms with van der Waals surface area (Å²) in [4.78, 5) is 0. The lowest BCUT2D eigenvalue weighted by atomic mass is 9.84. The van der Waals surface area contributed by atoms with Crippen LogP contribution in [0.25, 0.3) is 0 Å². The van der Waals surface area contributed by atoms with Crippen LogP contribution in [0.15, 0.2) is 0 Å². The second-order valence-corrected chi connectivity index (χ2v) is 3.80. The van der Waals surface area contributed by atoms with Crippen molar-refractivity contribution in [2.45, 2.75) is 32.7 Å². The molecule has 3 nitrogen and oxygen atoms in total. The summed E-state index contributed by atoms with van der Waals surface area (Å²) >= 11 is 0. The Morgan fingerprint density at radius 2 is 1.70 bits per heavy atom. The first kappa shape index (κ1) is 7.98. The van der Waals surface area contributed by atoms with Crippen molar-refractivity contribution in [3.8, 4) is 0 Å². The molecule has 1 unspecified atom stereocenters. The van der Waals surface area contributed by atoms with E-state index in [1.165, 1.54) is 0 Å². The molecule has 0 aliphatic carbocycles. The lowest BCUT2D eigenvalue weighted by Crippen LogP contribution is -2.47. The van der Waals surface area contributed by atoms with Crippen LogP contribution in [0.2, 0.25) is 0 Å². The van der Waals surface area contributed by atoms with Gasteiger partial charge in [-0.25, -0.2) is 0 Å². The topological polar surface area (TPSA) is 53.0 Å². The van der Waals surface area contributed by atoms with Crippen LogP contribution < -0.4 is 0 Å². The van der Waals surface area contributed by atoms with Crippen LogP contribution in [0.3, 0.4) is 0 Å². The maximum atomic E-state index is 9.42. The molecule has 0 saturated carbocycles. The highest BCUT2D eigenvalue weighted by Gasteiger charge is 2.52. The fourth-order valence-electron chi connectivity index (χ4n) is 0.763. The molecule has 0 spiro atoms. The second-order valence-electron chi connectivity index (χ2n) is 3.80. The molecule has 0 radical (unpaired) electrons. The van der Waals surface area contributed by atoms with Crippen molar-refractivity contribution < 1.29 is 14.9 Å². The van der Waals surface area contributed by atoms with Gasteiger partial charge in [-0.05, 0) is 0 Å². The first-order chi connectivity index (χ1) is 4.36. The van der Waals surface area contributed by atoms with Crippen molar-refractivity contribution in [1.82, 2.24) is 0 Å². The zero-order valence-corrected chi connectivity index (χ0v) is 6.59. The van der Waals surface area contributed by atoms with Crippen LogP contribution in [0, 0.1) is 5.41 Å². The quantitative estimate of drug-likeness (QED) is 0.408. The summed E-state index contributed by atoms with van der Waals surface area (Å²) in [6.07, 6.45) is -0.382. The van der Waals surface area contributed by atoms with Crippen LogP contribution in [-0.4, -0.2) is 28.7 Å². The molecule has 0 aromatic rings. The Morgan fingerprint density at radius 1 is 1.30 bits per heavy atom. The number of rotatable bonds is 1. The smallest absolute Gasteiger partial charge is 0.197 e. The first-order valence-electron chi connectivity index (χ1n) is 3.42. The molecule has 1 fully saturated rings. The van der Waals surface area contributed by atoms with E-state index in [9.17, 15) is 10.2 Å². The zero-order chi connectivity index (χ0) is 7.99. The highest BCUT2D eigenvalue weighted by molar-refractivity contribution is 4.93. The largest absolute Gasteiger partial charge is 0.367 e. The molecular formula is C7H14O3. The van der Waals surface area contributed by atoms with Gasteiger partial charge < -0.3 is 14.9 Å². The number of epoxide rings is 1. The van der Waals surface area contributed by atoms with E-state index >= 15 is 0 Å². The molecule has 1 rings (SSSR count). The maximum Gasteiger partial charge on any atom is 0.197 e. The molecule has 0 bridgehead atoms. The van der Waals surface area contributed by atoms with E-state index in [0.29, 0.717) is 6.61 Å². The van der Waals surface area contributed by atoms with Gasteiger partial charge in [0, 0.05) is 5.41 Å². The summed E-state index contributed by atoms with van der Waals surface area (Å²) in [5.41, 5.74) is -0.534. The average molecular weight is 146 g/mol. The third-order valence-corrected chi connectivity index (χ3v) is 1.89. The van der Waals surface area contributed by atoms with Crippen molar-refractivity contribution in [2.75, 3.05) is 6.61 Å². The highest BCUT2D eigenvalue weighted by Crippen LogP contribution is 2.36. The van der Waals surface area contributed by atoms with Gasteiger partial charge in [-0.1, -0.05) is 20.8 Å². The van der Waals surface area contributed by atoms with Gasteiger partial charge in [-0.2, -0.15) is 0 Å². The standard InChI is InChI=1S/C7H14O3/c1-6(2,3)7(8,9)5-4-10-5/h5,8-9H,4H2,1-3H3. The molecule has 1 atom stereocenters. The molecule has 1 saturated heterocycles. The molecular weight excluding hydrogens is 132 g/mol. The van der Waals surface area contributed by atoms with Gasteiger partial charge in [-0.15, -0.1) is 0 Å². The lowest BCUT2D eigenvalue weighted by molar-refractivity contribution is -0.239. The van der Waals surface area contributed by atoms with E-state index in [2.05, 4.69) is 0 Å². The zero-order valence-electron chi connectivity index (χ0n) is 6.59. The van der Waals surface area contributed by atoms with Gasteiger partial charge in [0.05, 0.1) is 6.61 Å².